The Hall–Kier alpha value is -3.02. The highest BCUT2D eigenvalue weighted by Gasteiger charge is 2.34. The van der Waals surface area contributed by atoms with Gasteiger partial charge < -0.3 is 18.9 Å². The summed E-state index contributed by atoms with van der Waals surface area (Å²) in [5, 5.41) is 9.07. The largest absolute Gasteiger partial charge is 0.378 e. The lowest BCUT2D eigenvalue weighted by atomic mass is 10.1. The number of anilines is 1. The first-order valence-corrected chi connectivity index (χ1v) is 10.3. The van der Waals surface area contributed by atoms with Crippen molar-refractivity contribution in [2.75, 3.05) is 37.8 Å². The van der Waals surface area contributed by atoms with E-state index in [9.17, 15) is 0 Å². The van der Waals surface area contributed by atoms with E-state index in [2.05, 4.69) is 15.5 Å². The molecule has 0 bridgehead atoms. The number of benzene rings is 1. The molecule has 1 aromatic carbocycles. The number of nitriles is 1. The van der Waals surface area contributed by atoms with Crippen molar-refractivity contribution < 1.29 is 9.47 Å². The van der Waals surface area contributed by atoms with E-state index in [1.54, 1.807) is 0 Å². The van der Waals surface area contributed by atoms with Crippen LogP contribution >= 0.6 is 0 Å². The highest BCUT2D eigenvalue weighted by Crippen LogP contribution is 2.35. The van der Waals surface area contributed by atoms with E-state index < -0.39 is 5.60 Å². The number of nitrogens with zero attached hydrogens (tertiary/aromatic N) is 6. The van der Waals surface area contributed by atoms with E-state index in [0.29, 0.717) is 38.6 Å². The van der Waals surface area contributed by atoms with Gasteiger partial charge in [0.15, 0.2) is 22.8 Å². The summed E-state index contributed by atoms with van der Waals surface area (Å²) < 4.78 is 13.7. The molecule has 0 amide bonds. The van der Waals surface area contributed by atoms with Crippen molar-refractivity contribution in [3.63, 3.8) is 0 Å². The fourth-order valence-electron chi connectivity index (χ4n) is 4.15. The molecule has 1 fully saturated rings. The topological polar surface area (TPSA) is 89.1 Å². The molecule has 2 aliphatic rings. The zero-order valence-electron chi connectivity index (χ0n) is 17.3. The Kier molecular flexibility index (Phi) is 4.65. The lowest BCUT2D eigenvalue weighted by Crippen LogP contribution is -2.37. The number of rotatable bonds is 3. The predicted octanol–water partition coefficient (Wildman–Crippen LogP) is 2.66. The van der Waals surface area contributed by atoms with Crippen LogP contribution < -0.4 is 4.90 Å². The molecule has 30 heavy (non-hydrogen) atoms. The Balaban J connectivity index is 1.73. The van der Waals surface area contributed by atoms with Gasteiger partial charge in [-0.05, 0) is 25.5 Å². The highest BCUT2D eigenvalue weighted by molar-refractivity contribution is 5.86. The van der Waals surface area contributed by atoms with Crippen LogP contribution in [0.5, 0.6) is 0 Å². The molecule has 0 saturated carbocycles. The van der Waals surface area contributed by atoms with Gasteiger partial charge in [0.05, 0.1) is 32.3 Å². The van der Waals surface area contributed by atoms with E-state index in [1.807, 2.05) is 38.1 Å². The molecule has 5 rings (SSSR count). The maximum Gasteiger partial charge on any atom is 0.166 e. The van der Waals surface area contributed by atoms with Crippen LogP contribution in [0, 0.1) is 11.3 Å². The van der Waals surface area contributed by atoms with Crippen molar-refractivity contribution in [1.29, 1.82) is 5.26 Å². The van der Waals surface area contributed by atoms with Crippen LogP contribution in [0.25, 0.3) is 22.6 Å². The summed E-state index contributed by atoms with van der Waals surface area (Å²) in [4.78, 5) is 17.1. The maximum atomic E-state index is 9.07. The average molecular weight is 404 g/mol. The van der Waals surface area contributed by atoms with Crippen molar-refractivity contribution in [2.24, 2.45) is 0 Å². The molecule has 8 nitrogen and oxygen atoms in total. The van der Waals surface area contributed by atoms with Gasteiger partial charge in [-0.15, -0.1) is 0 Å². The van der Waals surface area contributed by atoms with Crippen LogP contribution in [-0.4, -0.2) is 52.4 Å². The van der Waals surface area contributed by atoms with E-state index in [-0.39, 0.29) is 0 Å². The molecular weight excluding hydrogens is 380 g/mol. The minimum atomic E-state index is -0.478. The lowest BCUT2D eigenvalue weighted by Gasteiger charge is -2.30. The predicted molar refractivity (Wildman–Crippen MR) is 112 cm³/mol. The van der Waals surface area contributed by atoms with E-state index in [4.69, 9.17) is 29.7 Å². The molecule has 4 heterocycles. The van der Waals surface area contributed by atoms with Gasteiger partial charge in [0.2, 0.25) is 0 Å². The second-order valence-corrected chi connectivity index (χ2v) is 8.12. The molecule has 0 unspecified atom stereocenters. The Morgan fingerprint density at radius 2 is 1.93 bits per heavy atom. The van der Waals surface area contributed by atoms with E-state index >= 15 is 0 Å². The molecule has 0 N–H and O–H groups in total. The van der Waals surface area contributed by atoms with Crippen LogP contribution in [0.4, 0.5) is 5.82 Å². The molecular formula is C22H24N6O2. The molecule has 1 saturated heterocycles. The second-order valence-electron chi connectivity index (χ2n) is 8.12. The maximum absolute atomic E-state index is 9.07. The highest BCUT2D eigenvalue weighted by atomic mass is 16.5. The standard InChI is InChI=1S/C22H24N6O2/c1-22(2)21-24-17-19(27-8-11-29-12-9-27)25-18(26-20(17)28(21)10-13-30-22)16-5-3-4-15(14-16)6-7-23/h3-5,14H,6,8-13H2,1-2H3. The molecule has 0 aliphatic carbocycles. The van der Waals surface area contributed by atoms with Crippen LogP contribution in [0.2, 0.25) is 0 Å². The fourth-order valence-corrected chi connectivity index (χ4v) is 4.15. The summed E-state index contributed by atoms with van der Waals surface area (Å²) >= 11 is 0. The quantitative estimate of drug-likeness (QED) is 0.663. The Labute approximate surface area is 175 Å². The summed E-state index contributed by atoms with van der Waals surface area (Å²) in [6.07, 6.45) is 0.361. The van der Waals surface area contributed by atoms with Gasteiger partial charge in [0, 0.05) is 25.2 Å². The van der Waals surface area contributed by atoms with Gasteiger partial charge in [0.1, 0.15) is 11.4 Å². The molecule has 2 aromatic heterocycles. The monoisotopic (exact) mass is 404 g/mol. The van der Waals surface area contributed by atoms with Crippen molar-refractivity contribution in [3.05, 3.63) is 35.7 Å². The van der Waals surface area contributed by atoms with Gasteiger partial charge in [-0.3, -0.25) is 0 Å². The first-order chi connectivity index (χ1) is 14.6. The number of aromatic nitrogens is 4. The summed E-state index contributed by atoms with van der Waals surface area (Å²) in [6.45, 7) is 8.28. The number of ether oxygens (including phenoxy) is 2. The van der Waals surface area contributed by atoms with Gasteiger partial charge in [-0.2, -0.15) is 5.26 Å². The first kappa shape index (κ1) is 19.0. The van der Waals surface area contributed by atoms with Crippen LogP contribution in [0.3, 0.4) is 0 Å². The number of hydrogen-bond donors (Lipinski definition) is 0. The van der Waals surface area contributed by atoms with Gasteiger partial charge >= 0.3 is 0 Å². The van der Waals surface area contributed by atoms with Gasteiger partial charge in [-0.25, -0.2) is 15.0 Å². The molecule has 154 valence electrons. The average Bonchev–Trinajstić information content (AvgIpc) is 3.14. The molecule has 8 heteroatoms. The summed E-state index contributed by atoms with van der Waals surface area (Å²) in [7, 11) is 0. The Morgan fingerprint density at radius 1 is 1.10 bits per heavy atom. The van der Waals surface area contributed by atoms with Crippen molar-refractivity contribution in [2.45, 2.75) is 32.4 Å². The smallest absolute Gasteiger partial charge is 0.166 e. The van der Waals surface area contributed by atoms with Gasteiger partial charge in [-0.1, -0.05) is 18.2 Å². The molecule has 0 radical (unpaired) electrons. The molecule has 0 atom stereocenters. The van der Waals surface area contributed by atoms with E-state index in [1.165, 1.54) is 0 Å². The third-order valence-electron chi connectivity index (χ3n) is 5.67. The Morgan fingerprint density at radius 3 is 2.73 bits per heavy atom. The SMILES string of the molecule is CC1(C)OCCn2c1nc1c(N3CCOCC3)nc(-c3cccc(CC#N)c3)nc12. The van der Waals surface area contributed by atoms with E-state index in [0.717, 1.165) is 47.0 Å². The van der Waals surface area contributed by atoms with Crippen molar-refractivity contribution in [3.8, 4) is 17.5 Å². The zero-order valence-corrected chi connectivity index (χ0v) is 17.3. The molecule has 0 spiro atoms. The fraction of sp³-hybridized carbons (Fsp3) is 0.455. The summed E-state index contributed by atoms with van der Waals surface area (Å²) in [5.41, 5.74) is 3.02. The van der Waals surface area contributed by atoms with Crippen LogP contribution in [-0.2, 0) is 28.0 Å². The van der Waals surface area contributed by atoms with Gasteiger partial charge in [0.25, 0.3) is 0 Å². The minimum Gasteiger partial charge on any atom is -0.378 e. The third kappa shape index (κ3) is 3.20. The normalized spacial score (nSPS) is 18.2. The number of morpholine rings is 1. The molecule has 3 aromatic rings. The summed E-state index contributed by atoms with van der Waals surface area (Å²) in [6, 6.07) is 10.1. The van der Waals surface area contributed by atoms with Crippen LogP contribution in [0.15, 0.2) is 24.3 Å². The molecule has 2 aliphatic heterocycles. The zero-order chi connectivity index (χ0) is 20.7. The van der Waals surface area contributed by atoms with Crippen LogP contribution in [0.1, 0.15) is 25.2 Å². The minimum absolute atomic E-state index is 0.361. The third-order valence-corrected chi connectivity index (χ3v) is 5.67. The summed E-state index contributed by atoms with van der Waals surface area (Å²) in [5.74, 6) is 2.36. The number of imidazole rings is 1. The lowest BCUT2D eigenvalue weighted by molar-refractivity contribution is -0.0530. The first-order valence-electron chi connectivity index (χ1n) is 10.3. The number of fused-ring (bicyclic) bond motifs is 3. The Bertz CT molecular complexity index is 1140. The van der Waals surface area contributed by atoms with Crippen molar-refractivity contribution in [1.82, 2.24) is 19.5 Å². The second kappa shape index (κ2) is 7.35. The van der Waals surface area contributed by atoms with Crippen molar-refractivity contribution >= 4 is 17.0 Å². The number of hydrogen-bond acceptors (Lipinski definition) is 7.